The standard InChI is InChI=1S/C18H14BrN3S/c19-14-8-9-16-21-17(15-7-4-10-23-15)18(22(16)12-14)20-11-13-5-2-1-3-6-13/h1-10,12,20H,11H2. The van der Waals surface area contributed by atoms with Crippen molar-refractivity contribution in [3.05, 3.63) is 76.2 Å². The maximum atomic E-state index is 4.80. The maximum Gasteiger partial charge on any atom is 0.139 e. The van der Waals surface area contributed by atoms with Gasteiger partial charge < -0.3 is 5.32 Å². The molecule has 23 heavy (non-hydrogen) atoms. The number of benzene rings is 1. The first kappa shape index (κ1) is 14.5. The average molecular weight is 384 g/mol. The molecule has 0 saturated heterocycles. The summed E-state index contributed by atoms with van der Waals surface area (Å²) in [4.78, 5) is 5.97. The van der Waals surface area contributed by atoms with Gasteiger partial charge in [-0.2, -0.15) is 0 Å². The van der Waals surface area contributed by atoms with Crippen LogP contribution in [0, 0.1) is 0 Å². The molecule has 0 aliphatic rings. The second-order valence-electron chi connectivity index (χ2n) is 5.20. The third kappa shape index (κ3) is 2.90. The molecule has 3 heterocycles. The van der Waals surface area contributed by atoms with Crippen molar-refractivity contribution in [2.45, 2.75) is 6.54 Å². The molecule has 1 N–H and O–H groups in total. The molecular formula is C18H14BrN3S. The molecule has 4 aromatic rings. The van der Waals surface area contributed by atoms with Crippen molar-refractivity contribution in [2.75, 3.05) is 5.32 Å². The van der Waals surface area contributed by atoms with Crippen molar-refractivity contribution in [1.29, 1.82) is 0 Å². The number of halogens is 1. The van der Waals surface area contributed by atoms with Gasteiger partial charge >= 0.3 is 0 Å². The molecule has 3 nitrogen and oxygen atoms in total. The lowest BCUT2D eigenvalue weighted by Crippen LogP contribution is -2.03. The van der Waals surface area contributed by atoms with Crippen LogP contribution in [0.4, 0.5) is 5.82 Å². The molecule has 0 radical (unpaired) electrons. The summed E-state index contributed by atoms with van der Waals surface area (Å²) in [7, 11) is 0. The molecule has 1 aromatic carbocycles. The predicted octanol–water partition coefficient (Wildman–Crippen LogP) is 5.44. The number of anilines is 1. The highest BCUT2D eigenvalue weighted by Crippen LogP contribution is 2.32. The number of nitrogens with one attached hydrogen (secondary N) is 1. The highest BCUT2D eigenvalue weighted by molar-refractivity contribution is 9.10. The van der Waals surface area contributed by atoms with Gasteiger partial charge in [-0.05, 0) is 45.1 Å². The molecule has 0 atom stereocenters. The second-order valence-corrected chi connectivity index (χ2v) is 7.06. The van der Waals surface area contributed by atoms with Crippen LogP contribution in [-0.2, 0) is 6.54 Å². The Morgan fingerprint density at radius 2 is 1.91 bits per heavy atom. The minimum Gasteiger partial charge on any atom is -0.365 e. The van der Waals surface area contributed by atoms with Gasteiger partial charge in [0.1, 0.15) is 17.2 Å². The third-order valence-corrected chi connectivity index (χ3v) is 4.99. The van der Waals surface area contributed by atoms with Gasteiger partial charge in [-0.1, -0.05) is 36.4 Å². The van der Waals surface area contributed by atoms with Crippen molar-refractivity contribution in [3.63, 3.8) is 0 Å². The Hall–Kier alpha value is -2.11. The molecule has 114 valence electrons. The SMILES string of the molecule is Brc1ccc2nc(-c3cccs3)c(NCc3ccccc3)n2c1. The Balaban J connectivity index is 1.79. The molecule has 4 rings (SSSR count). The van der Waals surface area contributed by atoms with E-state index in [-0.39, 0.29) is 0 Å². The van der Waals surface area contributed by atoms with E-state index in [4.69, 9.17) is 4.98 Å². The fraction of sp³-hybridized carbons (Fsp3) is 0.0556. The van der Waals surface area contributed by atoms with Crippen LogP contribution in [-0.4, -0.2) is 9.38 Å². The van der Waals surface area contributed by atoms with Gasteiger partial charge in [0.25, 0.3) is 0 Å². The summed E-state index contributed by atoms with van der Waals surface area (Å²) < 4.78 is 3.13. The molecule has 0 fully saturated rings. The van der Waals surface area contributed by atoms with Crippen molar-refractivity contribution in [2.24, 2.45) is 0 Å². The van der Waals surface area contributed by atoms with E-state index in [1.54, 1.807) is 11.3 Å². The lowest BCUT2D eigenvalue weighted by Gasteiger charge is -2.08. The van der Waals surface area contributed by atoms with Crippen molar-refractivity contribution < 1.29 is 0 Å². The summed E-state index contributed by atoms with van der Waals surface area (Å²) in [6, 6.07) is 18.6. The largest absolute Gasteiger partial charge is 0.365 e. The first-order chi connectivity index (χ1) is 11.3. The zero-order chi connectivity index (χ0) is 15.6. The maximum absolute atomic E-state index is 4.80. The number of imidazole rings is 1. The fourth-order valence-corrected chi connectivity index (χ4v) is 3.61. The Bertz CT molecular complexity index is 930. The summed E-state index contributed by atoms with van der Waals surface area (Å²) in [5, 5.41) is 5.63. The third-order valence-electron chi connectivity index (χ3n) is 3.64. The number of aromatic nitrogens is 2. The average Bonchev–Trinajstić information content (AvgIpc) is 3.21. The van der Waals surface area contributed by atoms with Crippen LogP contribution in [0.5, 0.6) is 0 Å². The molecule has 0 aliphatic heterocycles. The molecular weight excluding hydrogens is 370 g/mol. The van der Waals surface area contributed by atoms with Gasteiger partial charge in [0.05, 0.1) is 4.88 Å². The van der Waals surface area contributed by atoms with Crippen molar-refractivity contribution in [3.8, 4) is 10.6 Å². The van der Waals surface area contributed by atoms with Gasteiger partial charge in [0.2, 0.25) is 0 Å². The molecule has 0 spiro atoms. The van der Waals surface area contributed by atoms with Gasteiger partial charge in [-0.25, -0.2) is 4.98 Å². The summed E-state index contributed by atoms with van der Waals surface area (Å²) in [6.07, 6.45) is 2.05. The Labute approximate surface area is 146 Å². The molecule has 0 bridgehead atoms. The van der Waals surface area contributed by atoms with Gasteiger partial charge in [0.15, 0.2) is 0 Å². The summed E-state index contributed by atoms with van der Waals surface area (Å²) >= 11 is 5.25. The van der Waals surface area contributed by atoms with Gasteiger partial charge in [0, 0.05) is 17.2 Å². The zero-order valence-corrected chi connectivity index (χ0v) is 14.6. The number of fused-ring (bicyclic) bond motifs is 1. The molecule has 0 amide bonds. The molecule has 0 unspecified atom stereocenters. The van der Waals surface area contributed by atoms with E-state index in [2.05, 4.69) is 67.4 Å². The van der Waals surface area contributed by atoms with E-state index < -0.39 is 0 Å². The summed E-state index contributed by atoms with van der Waals surface area (Å²) in [6.45, 7) is 0.763. The van der Waals surface area contributed by atoms with Gasteiger partial charge in [-0.15, -0.1) is 11.3 Å². The first-order valence-electron chi connectivity index (χ1n) is 7.30. The van der Waals surface area contributed by atoms with Crippen LogP contribution in [0.15, 0.2) is 70.6 Å². The van der Waals surface area contributed by atoms with Gasteiger partial charge in [-0.3, -0.25) is 4.40 Å². The summed E-state index contributed by atoms with van der Waals surface area (Å²) in [5.41, 5.74) is 3.18. The number of thiophene rings is 1. The van der Waals surface area contributed by atoms with E-state index in [0.29, 0.717) is 0 Å². The van der Waals surface area contributed by atoms with E-state index in [1.807, 2.05) is 24.4 Å². The Morgan fingerprint density at radius 3 is 2.70 bits per heavy atom. The summed E-state index contributed by atoms with van der Waals surface area (Å²) in [5.74, 6) is 1.02. The van der Waals surface area contributed by atoms with Crippen molar-refractivity contribution in [1.82, 2.24) is 9.38 Å². The number of nitrogens with zero attached hydrogens (tertiary/aromatic N) is 2. The van der Waals surface area contributed by atoms with Crippen LogP contribution in [0.2, 0.25) is 0 Å². The number of hydrogen-bond acceptors (Lipinski definition) is 3. The number of pyridine rings is 1. The monoisotopic (exact) mass is 383 g/mol. The van der Waals surface area contributed by atoms with Crippen LogP contribution in [0.25, 0.3) is 16.2 Å². The molecule has 0 saturated carbocycles. The van der Waals surface area contributed by atoms with E-state index in [9.17, 15) is 0 Å². The number of hydrogen-bond donors (Lipinski definition) is 1. The molecule has 3 aromatic heterocycles. The molecule has 5 heteroatoms. The smallest absolute Gasteiger partial charge is 0.139 e. The quantitative estimate of drug-likeness (QED) is 0.508. The fourth-order valence-electron chi connectivity index (χ4n) is 2.55. The topological polar surface area (TPSA) is 29.3 Å². The van der Waals surface area contributed by atoms with Crippen LogP contribution < -0.4 is 5.32 Å². The van der Waals surface area contributed by atoms with E-state index in [0.717, 1.165) is 28.2 Å². The number of rotatable bonds is 4. The van der Waals surface area contributed by atoms with Crippen LogP contribution >= 0.6 is 27.3 Å². The minimum atomic E-state index is 0.763. The van der Waals surface area contributed by atoms with Crippen LogP contribution in [0.3, 0.4) is 0 Å². The zero-order valence-electron chi connectivity index (χ0n) is 12.2. The first-order valence-corrected chi connectivity index (χ1v) is 8.98. The highest BCUT2D eigenvalue weighted by atomic mass is 79.9. The highest BCUT2D eigenvalue weighted by Gasteiger charge is 2.14. The van der Waals surface area contributed by atoms with Crippen molar-refractivity contribution >= 4 is 38.7 Å². The second kappa shape index (κ2) is 6.18. The molecule has 0 aliphatic carbocycles. The normalized spacial score (nSPS) is 11.0. The minimum absolute atomic E-state index is 0.763. The van der Waals surface area contributed by atoms with E-state index in [1.165, 1.54) is 10.4 Å². The lowest BCUT2D eigenvalue weighted by molar-refractivity contribution is 1.08. The lowest BCUT2D eigenvalue weighted by atomic mass is 10.2. The van der Waals surface area contributed by atoms with Crippen LogP contribution in [0.1, 0.15) is 5.56 Å². The Morgan fingerprint density at radius 1 is 1.04 bits per heavy atom. The van der Waals surface area contributed by atoms with E-state index >= 15 is 0 Å². The predicted molar refractivity (Wildman–Crippen MR) is 100.0 cm³/mol. The Kier molecular flexibility index (Phi) is 3.89.